The van der Waals surface area contributed by atoms with Gasteiger partial charge >= 0.3 is 0 Å². The van der Waals surface area contributed by atoms with Gasteiger partial charge in [0.2, 0.25) is 10.0 Å². The van der Waals surface area contributed by atoms with Crippen molar-refractivity contribution in [2.24, 2.45) is 5.14 Å². The van der Waals surface area contributed by atoms with Gasteiger partial charge in [-0.1, -0.05) is 0 Å². The topological polar surface area (TPSA) is 105 Å². The third-order valence-electron chi connectivity index (χ3n) is 2.33. The Morgan fingerprint density at radius 3 is 2.50 bits per heavy atom. The highest BCUT2D eigenvalue weighted by Gasteiger charge is 2.16. The smallest absolute Gasteiger partial charge is 0.238 e. The van der Waals surface area contributed by atoms with E-state index in [-0.39, 0.29) is 10.6 Å². The first-order valence-corrected chi connectivity index (χ1v) is 7.04. The molecule has 0 saturated carbocycles. The van der Waals surface area contributed by atoms with Crippen molar-refractivity contribution in [3.63, 3.8) is 0 Å². The monoisotopic (exact) mass is 274 g/mol. The molecule has 1 aromatic carbocycles. The van der Waals surface area contributed by atoms with Crippen molar-refractivity contribution >= 4 is 15.7 Å². The summed E-state index contributed by atoms with van der Waals surface area (Å²) in [5.74, 6) is 0.402. The lowest BCUT2D eigenvalue weighted by atomic mass is 10.2. The molecule has 0 bridgehead atoms. The maximum Gasteiger partial charge on any atom is 0.238 e. The minimum atomic E-state index is -3.81. The van der Waals surface area contributed by atoms with Crippen LogP contribution in [0.5, 0.6) is 5.75 Å². The van der Waals surface area contributed by atoms with Gasteiger partial charge in [-0.3, -0.25) is 0 Å². The lowest BCUT2D eigenvalue weighted by Crippen LogP contribution is -2.15. The van der Waals surface area contributed by atoms with Gasteiger partial charge in [0.1, 0.15) is 12.4 Å². The molecule has 0 radical (unpaired) electrons. The fourth-order valence-corrected chi connectivity index (χ4v) is 2.31. The molecule has 0 aliphatic rings. The van der Waals surface area contributed by atoms with Gasteiger partial charge in [0.25, 0.3) is 0 Å². The molecule has 0 aliphatic carbocycles. The van der Waals surface area contributed by atoms with E-state index in [2.05, 4.69) is 0 Å². The van der Waals surface area contributed by atoms with Crippen LogP contribution in [0.4, 0.5) is 5.69 Å². The number of ether oxygens (including phenoxy) is 2. The number of nitrogen functional groups attached to an aromatic ring is 1. The molecule has 0 fully saturated rings. The molecular weight excluding hydrogens is 256 g/mol. The lowest BCUT2D eigenvalue weighted by molar-refractivity contribution is 0.110. The summed E-state index contributed by atoms with van der Waals surface area (Å²) in [4.78, 5) is -0.0195. The summed E-state index contributed by atoms with van der Waals surface area (Å²) < 4.78 is 33.3. The summed E-state index contributed by atoms with van der Waals surface area (Å²) >= 11 is 0. The standard InChI is InChI=1S/C11H18N2O4S/c1-3-16-4-5-17-10-6-9(12)7-11(8(10)2)18(13,14)15/h6-7H,3-5,12H2,1-2H3,(H2,13,14,15). The van der Waals surface area contributed by atoms with Gasteiger partial charge in [-0.05, 0) is 19.9 Å². The van der Waals surface area contributed by atoms with Gasteiger partial charge in [0.05, 0.1) is 11.5 Å². The minimum absolute atomic E-state index is 0.0195. The molecule has 0 aromatic heterocycles. The highest BCUT2D eigenvalue weighted by atomic mass is 32.2. The quantitative estimate of drug-likeness (QED) is 0.585. The zero-order valence-corrected chi connectivity index (χ0v) is 11.3. The molecule has 0 saturated heterocycles. The van der Waals surface area contributed by atoms with Crippen LogP contribution in [0.15, 0.2) is 17.0 Å². The van der Waals surface area contributed by atoms with Gasteiger partial charge in [0.15, 0.2) is 0 Å². The molecule has 1 aromatic rings. The summed E-state index contributed by atoms with van der Waals surface area (Å²) in [5, 5.41) is 5.11. The van der Waals surface area contributed by atoms with E-state index in [9.17, 15) is 8.42 Å². The van der Waals surface area contributed by atoms with Gasteiger partial charge in [0, 0.05) is 23.9 Å². The molecular formula is C11H18N2O4S. The highest BCUT2D eigenvalue weighted by Crippen LogP contribution is 2.27. The second-order valence-corrected chi connectivity index (χ2v) is 5.26. The van der Waals surface area contributed by atoms with Crippen LogP contribution in [-0.4, -0.2) is 28.2 Å². The largest absolute Gasteiger partial charge is 0.491 e. The Morgan fingerprint density at radius 2 is 1.94 bits per heavy atom. The van der Waals surface area contributed by atoms with Gasteiger partial charge < -0.3 is 15.2 Å². The van der Waals surface area contributed by atoms with Crippen LogP contribution in [0.1, 0.15) is 12.5 Å². The van der Waals surface area contributed by atoms with Crippen LogP contribution in [0, 0.1) is 6.92 Å². The van der Waals surface area contributed by atoms with Crippen molar-refractivity contribution in [2.75, 3.05) is 25.6 Å². The first kappa shape index (κ1) is 14.7. The first-order chi connectivity index (χ1) is 8.36. The number of hydrogen-bond acceptors (Lipinski definition) is 5. The number of anilines is 1. The number of rotatable bonds is 6. The van der Waals surface area contributed by atoms with Crippen molar-refractivity contribution in [1.29, 1.82) is 0 Å². The molecule has 102 valence electrons. The van der Waals surface area contributed by atoms with E-state index in [0.717, 1.165) is 0 Å². The summed E-state index contributed by atoms with van der Waals surface area (Å²) in [6, 6.07) is 2.88. The third-order valence-corrected chi connectivity index (χ3v) is 3.37. The number of primary sulfonamides is 1. The number of hydrogen-bond donors (Lipinski definition) is 2. The van der Waals surface area contributed by atoms with Crippen molar-refractivity contribution in [1.82, 2.24) is 0 Å². The number of sulfonamides is 1. The van der Waals surface area contributed by atoms with Crippen LogP contribution in [0.2, 0.25) is 0 Å². The first-order valence-electron chi connectivity index (χ1n) is 5.49. The second-order valence-electron chi connectivity index (χ2n) is 3.73. The Kier molecular flexibility index (Phi) is 4.94. The van der Waals surface area contributed by atoms with Crippen LogP contribution in [0.3, 0.4) is 0 Å². The van der Waals surface area contributed by atoms with E-state index >= 15 is 0 Å². The normalized spacial score (nSPS) is 11.5. The summed E-state index contributed by atoms with van der Waals surface area (Å²) in [6.45, 7) is 4.85. The Labute approximate surface area is 107 Å². The van der Waals surface area contributed by atoms with Crippen LogP contribution >= 0.6 is 0 Å². The second kappa shape index (κ2) is 6.03. The maximum atomic E-state index is 11.4. The van der Waals surface area contributed by atoms with E-state index in [0.29, 0.717) is 31.1 Å². The van der Waals surface area contributed by atoms with Crippen molar-refractivity contribution in [3.05, 3.63) is 17.7 Å². The predicted octanol–water partition coefficient (Wildman–Crippen LogP) is 0.640. The van der Waals surface area contributed by atoms with E-state index in [1.807, 2.05) is 6.92 Å². The van der Waals surface area contributed by atoms with Crippen molar-refractivity contribution in [2.45, 2.75) is 18.7 Å². The van der Waals surface area contributed by atoms with E-state index in [1.165, 1.54) is 6.07 Å². The molecule has 0 heterocycles. The highest BCUT2D eigenvalue weighted by molar-refractivity contribution is 7.89. The zero-order chi connectivity index (χ0) is 13.8. The Hall–Kier alpha value is -1.31. The molecule has 0 atom stereocenters. The van der Waals surface area contributed by atoms with E-state index in [1.54, 1.807) is 13.0 Å². The third kappa shape index (κ3) is 3.86. The Balaban J connectivity index is 2.96. The molecule has 4 N–H and O–H groups in total. The minimum Gasteiger partial charge on any atom is -0.491 e. The summed E-state index contributed by atoms with van der Waals surface area (Å²) in [6.07, 6.45) is 0. The van der Waals surface area contributed by atoms with Crippen LogP contribution in [0.25, 0.3) is 0 Å². The predicted molar refractivity (Wildman–Crippen MR) is 69.0 cm³/mol. The molecule has 0 amide bonds. The summed E-state index contributed by atoms with van der Waals surface area (Å²) in [5.41, 5.74) is 6.36. The molecule has 0 spiro atoms. The van der Waals surface area contributed by atoms with Gasteiger partial charge in [-0.2, -0.15) is 0 Å². The molecule has 6 nitrogen and oxygen atoms in total. The molecule has 7 heteroatoms. The van der Waals surface area contributed by atoms with E-state index in [4.69, 9.17) is 20.3 Å². The summed E-state index contributed by atoms with van der Waals surface area (Å²) in [7, 11) is -3.81. The average molecular weight is 274 g/mol. The van der Waals surface area contributed by atoms with Gasteiger partial charge in [-0.25, -0.2) is 13.6 Å². The Bertz CT molecular complexity index is 514. The molecule has 1 rings (SSSR count). The molecule has 18 heavy (non-hydrogen) atoms. The van der Waals surface area contributed by atoms with Gasteiger partial charge in [-0.15, -0.1) is 0 Å². The van der Waals surface area contributed by atoms with Crippen LogP contribution < -0.4 is 15.6 Å². The maximum absolute atomic E-state index is 11.4. The van der Waals surface area contributed by atoms with Crippen LogP contribution in [-0.2, 0) is 14.8 Å². The SMILES string of the molecule is CCOCCOc1cc(N)cc(S(N)(=O)=O)c1C. The Morgan fingerprint density at radius 1 is 1.28 bits per heavy atom. The molecule has 0 aliphatic heterocycles. The lowest BCUT2D eigenvalue weighted by Gasteiger charge is -2.13. The average Bonchev–Trinajstić information content (AvgIpc) is 2.27. The zero-order valence-electron chi connectivity index (χ0n) is 10.5. The van der Waals surface area contributed by atoms with E-state index < -0.39 is 10.0 Å². The fraction of sp³-hybridized carbons (Fsp3) is 0.455. The van der Waals surface area contributed by atoms with Crippen molar-refractivity contribution in [3.8, 4) is 5.75 Å². The number of nitrogens with two attached hydrogens (primary N) is 2. The van der Waals surface area contributed by atoms with Crippen molar-refractivity contribution < 1.29 is 17.9 Å². The number of benzene rings is 1. The molecule has 0 unspecified atom stereocenters. The fourth-order valence-electron chi connectivity index (χ4n) is 1.48.